The summed E-state index contributed by atoms with van der Waals surface area (Å²) in [6.45, 7) is 4.96. The van der Waals surface area contributed by atoms with Crippen LogP contribution in [0.3, 0.4) is 0 Å². The molecule has 4 heteroatoms. The summed E-state index contributed by atoms with van der Waals surface area (Å²) < 4.78 is 0. The number of aryl methyl sites for hydroxylation is 2. The zero-order valence-corrected chi connectivity index (χ0v) is 15.1. The van der Waals surface area contributed by atoms with Gasteiger partial charge < -0.3 is 5.32 Å². The van der Waals surface area contributed by atoms with Crippen LogP contribution >= 0.6 is 11.3 Å². The van der Waals surface area contributed by atoms with E-state index >= 15 is 0 Å². The molecule has 0 saturated carbocycles. The van der Waals surface area contributed by atoms with Crippen LogP contribution in [0.1, 0.15) is 16.0 Å². The Balaban J connectivity index is 1.72. The second-order valence-corrected chi connectivity index (χ2v) is 7.41. The molecule has 0 bridgehead atoms. The van der Waals surface area contributed by atoms with Gasteiger partial charge in [0.1, 0.15) is 10.6 Å². The minimum absolute atomic E-state index is 0.746. The Morgan fingerprint density at radius 2 is 1.68 bits per heavy atom. The van der Waals surface area contributed by atoms with E-state index in [4.69, 9.17) is 9.97 Å². The largest absolute Gasteiger partial charge is 0.365 e. The molecular formula is C21H19N3S. The lowest BCUT2D eigenvalue weighted by Crippen LogP contribution is -2.03. The van der Waals surface area contributed by atoms with Gasteiger partial charge in [-0.3, -0.25) is 0 Å². The van der Waals surface area contributed by atoms with Crippen LogP contribution in [-0.2, 0) is 6.54 Å². The summed E-state index contributed by atoms with van der Waals surface area (Å²) in [5, 5.41) is 4.59. The molecule has 0 atom stereocenters. The topological polar surface area (TPSA) is 37.8 Å². The molecule has 0 radical (unpaired) electrons. The fourth-order valence-corrected chi connectivity index (χ4v) is 3.66. The van der Waals surface area contributed by atoms with E-state index in [0.717, 1.165) is 34.0 Å². The first-order valence-electron chi connectivity index (χ1n) is 8.32. The number of benzene rings is 2. The average molecular weight is 345 g/mol. The second kappa shape index (κ2) is 6.65. The quantitative estimate of drug-likeness (QED) is 0.524. The maximum atomic E-state index is 4.80. The van der Waals surface area contributed by atoms with Crippen molar-refractivity contribution in [3.8, 4) is 11.4 Å². The van der Waals surface area contributed by atoms with E-state index in [1.807, 2.05) is 30.3 Å². The third-order valence-electron chi connectivity index (χ3n) is 4.13. The van der Waals surface area contributed by atoms with E-state index in [-0.39, 0.29) is 0 Å². The first kappa shape index (κ1) is 15.8. The van der Waals surface area contributed by atoms with E-state index in [1.165, 1.54) is 16.0 Å². The molecule has 124 valence electrons. The SMILES string of the molecule is Cc1ccc(CNc2nc(-c3ccccc3)nc3sc(C)cc23)cc1. The first-order chi connectivity index (χ1) is 12.2. The van der Waals surface area contributed by atoms with Crippen LogP contribution in [0.25, 0.3) is 21.6 Å². The van der Waals surface area contributed by atoms with Gasteiger partial charge >= 0.3 is 0 Å². The third kappa shape index (κ3) is 3.39. The number of anilines is 1. The lowest BCUT2D eigenvalue weighted by molar-refractivity contribution is 1.11. The van der Waals surface area contributed by atoms with Gasteiger partial charge in [0.05, 0.1) is 5.39 Å². The smallest absolute Gasteiger partial charge is 0.163 e. The Morgan fingerprint density at radius 1 is 0.920 bits per heavy atom. The Morgan fingerprint density at radius 3 is 2.44 bits per heavy atom. The first-order valence-corrected chi connectivity index (χ1v) is 9.14. The Labute approximate surface area is 151 Å². The molecule has 0 saturated heterocycles. The molecule has 1 N–H and O–H groups in total. The molecule has 0 spiro atoms. The van der Waals surface area contributed by atoms with E-state index in [2.05, 4.69) is 49.5 Å². The second-order valence-electron chi connectivity index (χ2n) is 6.18. The van der Waals surface area contributed by atoms with Crippen molar-refractivity contribution >= 4 is 27.4 Å². The maximum absolute atomic E-state index is 4.80. The molecule has 25 heavy (non-hydrogen) atoms. The van der Waals surface area contributed by atoms with Gasteiger partial charge in [0.2, 0.25) is 0 Å². The van der Waals surface area contributed by atoms with Gasteiger partial charge in [0.15, 0.2) is 5.82 Å². The van der Waals surface area contributed by atoms with Gasteiger partial charge in [-0.15, -0.1) is 11.3 Å². The number of hydrogen-bond acceptors (Lipinski definition) is 4. The molecule has 3 nitrogen and oxygen atoms in total. The normalized spacial score (nSPS) is 11.0. The average Bonchev–Trinajstić information content (AvgIpc) is 3.02. The van der Waals surface area contributed by atoms with Crippen LogP contribution in [0.4, 0.5) is 5.82 Å². The summed E-state index contributed by atoms with van der Waals surface area (Å²) in [5.74, 6) is 1.66. The molecular weight excluding hydrogens is 326 g/mol. The molecule has 0 amide bonds. The molecule has 2 aromatic carbocycles. The Kier molecular flexibility index (Phi) is 4.20. The fourth-order valence-electron chi connectivity index (χ4n) is 2.78. The highest BCUT2D eigenvalue weighted by Crippen LogP contribution is 2.31. The molecule has 4 aromatic rings. The summed E-state index contributed by atoms with van der Waals surface area (Å²) in [4.78, 5) is 11.8. The van der Waals surface area contributed by atoms with Crippen molar-refractivity contribution in [2.24, 2.45) is 0 Å². The van der Waals surface area contributed by atoms with Gasteiger partial charge in [0, 0.05) is 17.0 Å². The van der Waals surface area contributed by atoms with Crippen LogP contribution < -0.4 is 5.32 Å². The van der Waals surface area contributed by atoms with Crippen molar-refractivity contribution in [2.75, 3.05) is 5.32 Å². The monoisotopic (exact) mass is 345 g/mol. The predicted octanol–water partition coefficient (Wildman–Crippen LogP) is 5.59. The van der Waals surface area contributed by atoms with Gasteiger partial charge in [-0.2, -0.15) is 0 Å². The molecule has 2 heterocycles. The minimum Gasteiger partial charge on any atom is -0.365 e. The van der Waals surface area contributed by atoms with Crippen molar-refractivity contribution in [1.82, 2.24) is 9.97 Å². The molecule has 0 unspecified atom stereocenters. The van der Waals surface area contributed by atoms with Gasteiger partial charge in [-0.25, -0.2) is 9.97 Å². The van der Waals surface area contributed by atoms with E-state index in [1.54, 1.807) is 11.3 Å². The number of nitrogens with one attached hydrogen (secondary N) is 1. The number of aromatic nitrogens is 2. The number of thiophene rings is 1. The lowest BCUT2D eigenvalue weighted by atomic mass is 10.1. The van der Waals surface area contributed by atoms with E-state index in [9.17, 15) is 0 Å². The number of fused-ring (bicyclic) bond motifs is 1. The lowest BCUT2D eigenvalue weighted by Gasteiger charge is -2.09. The predicted molar refractivity (Wildman–Crippen MR) is 106 cm³/mol. The van der Waals surface area contributed by atoms with Crippen molar-refractivity contribution in [3.05, 3.63) is 76.7 Å². The van der Waals surface area contributed by atoms with Crippen molar-refractivity contribution in [3.63, 3.8) is 0 Å². The highest BCUT2D eigenvalue weighted by molar-refractivity contribution is 7.18. The standard InChI is InChI=1S/C21H19N3S/c1-14-8-10-16(11-9-14)13-22-20-18-12-15(2)25-21(18)24-19(23-20)17-6-4-3-5-7-17/h3-12H,13H2,1-2H3,(H,22,23,24). The van der Waals surface area contributed by atoms with Crippen LogP contribution in [-0.4, -0.2) is 9.97 Å². The number of nitrogens with zero attached hydrogens (tertiary/aromatic N) is 2. The van der Waals surface area contributed by atoms with Crippen LogP contribution in [0.15, 0.2) is 60.7 Å². The van der Waals surface area contributed by atoms with Crippen LogP contribution in [0, 0.1) is 13.8 Å². The summed E-state index contributed by atoms with van der Waals surface area (Å²) in [6.07, 6.45) is 0. The van der Waals surface area contributed by atoms with E-state index in [0.29, 0.717) is 0 Å². The summed E-state index contributed by atoms with van der Waals surface area (Å²) in [7, 11) is 0. The van der Waals surface area contributed by atoms with Crippen molar-refractivity contribution in [1.29, 1.82) is 0 Å². The summed E-state index contributed by atoms with van der Waals surface area (Å²) in [6, 6.07) is 20.9. The van der Waals surface area contributed by atoms with Gasteiger partial charge in [0.25, 0.3) is 0 Å². The highest BCUT2D eigenvalue weighted by atomic mass is 32.1. The molecule has 0 aliphatic rings. The molecule has 4 rings (SSSR count). The zero-order chi connectivity index (χ0) is 17.2. The van der Waals surface area contributed by atoms with Crippen LogP contribution in [0.5, 0.6) is 0 Å². The van der Waals surface area contributed by atoms with Crippen LogP contribution in [0.2, 0.25) is 0 Å². The van der Waals surface area contributed by atoms with Crippen molar-refractivity contribution < 1.29 is 0 Å². The third-order valence-corrected chi connectivity index (χ3v) is 5.07. The van der Waals surface area contributed by atoms with Crippen molar-refractivity contribution in [2.45, 2.75) is 20.4 Å². The molecule has 0 aliphatic carbocycles. The Bertz CT molecular complexity index is 1000. The highest BCUT2D eigenvalue weighted by Gasteiger charge is 2.11. The minimum atomic E-state index is 0.746. The van der Waals surface area contributed by atoms with Gasteiger partial charge in [-0.1, -0.05) is 60.2 Å². The number of rotatable bonds is 4. The Hall–Kier alpha value is -2.72. The van der Waals surface area contributed by atoms with Gasteiger partial charge in [-0.05, 0) is 25.5 Å². The molecule has 0 fully saturated rings. The zero-order valence-electron chi connectivity index (χ0n) is 14.3. The summed E-state index contributed by atoms with van der Waals surface area (Å²) >= 11 is 1.71. The molecule has 2 aromatic heterocycles. The summed E-state index contributed by atoms with van der Waals surface area (Å²) in [5.41, 5.74) is 3.55. The molecule has 0 aliphatic heterocycles. The fraction of sp³-hybridized carbons (Fsp3) is 0.143. The number of hydrogen-bond donors (Lipinski definition) is 1. The maximum Gasteiger partial charge on any atom is 0.163 e. The van der Waals surface area contributed by atoms with E-state index < -0.39 is 0 Å².